The summed E-state index contributed by atoms with van der Waals surface area (Å²) in [4.78, 5) is 0. The maximum Gasteiger partial charge on any atom is 0.402 e. The van der Waals surface area contributed by atoms with Crippen LogP contribution < -0.4 is 5.32 Å². The van der Waals surface area contributed by atoms with Crippen molar-refractivity contribution in [2.45, 2.75) is 19.0 Å². The second kappa shape index (κ2) is 5.85. The zero-order valence-corrected chi connectivity index (χ0v) is 8.10. The molecule has 0 heterocycles. The Morgan fingerprint density at radius 2 is 1.90 bits per heavy atom. The van der Waals surface area contributed by atoms with Crippen molar-refractivity contribution >= 4 is 9.28 Å². The van der Waals surface area contributed by atoms with Gasteiger partial charge in [0.15, 0.2) is 0 Å². The highest BCUT2D eigenvalue weighted by Gasteiger charge is 2.22. The van der Waals surface area contributed by atoms with E-state index in [9.17, 15) is 0 Å². The summed E-state index contributed by atoms with van der Waals surface area (Å²) in [5, 5.41) is 3.15. The fourth-order valence-corrected chi connectivity index (χ4v) is 2.16. The van der Waals surface area contributed by atoms with Crippen LogP contribution in [0.15, 0.2) is 0 Å². The summed E-state index contributed by atoms with van der Waals surface area (Å²) in [5.41, 5.74) is 0.389. The third-order valence-electron chi connectivity index (χ3n) is 1.44. The molecular formula is C6H16NO2Si. The van der Waals surface area contributed by atoms with Gasteiger partial charge in [0.2, 0.25) is 0 Å². The first-order valence-corrected chi connectivity index (χ1v) is 4.81. The molecule has 0 rings (SSSR count). The van der Waals surface area contributed by atoms with E-state index >= 15 is 0 Å². The van der Waals surface area contributed by atoms with Crippen LogP contribution in [0.5, 0.6) is 0 Å². The van der Waals surface area contributed by atoms with Crippen LogP contribution in [-0.2, 0) is 8.85 Å². The first kappa shape index (κ1) is 10.1. The van der Waals surface area contributed by atoms with E-state index in [-0.39, 0.29) is 0 Å². The van der Waals surface area contributed by atoms with Crippen LogP contribution in [0.2, 0.25) is 0 Å². The van der Waals surface area contributed by atoms with Crippen molar-refractivity contribution in [3.63, 3.8) is 0 Å². The molecule has 0 spiro atoms. The first-order valence-electron chi connectivity index (χ1n) is 3.42. The quantitative estimate of drug-likeness (QED) is 0.590. The Morgan fingerprint density at radius 3 is 2.00 bits per heavy atom. The van der Waals surface area contributed by atoms with E-state index in [0.29, 0.717) is 5.67 Å². The van der Waals surface area contributed by atoms with Gasteiger partial charge in [0.05, 0.1) is 5.67 Å². The van der Waals surface area contributed by atoms with E-state index in [1.165, 1.54) is 0 Å². The van der Waals surface area contributed by atoms with Gasteiger partial charge in [0, 0.05) is 14.2 Å². The van der Waals surface area contributed by atoms with Crippen LogP contribution in [0.3, 0.4) is 0 Å². The summed E-state index contributed by atoms with van der Waals surface area (Å²) in [6.45, 7) is 2.11. The van der Waals surface area contributed by atoms with E-state index in [1.54, 1.807) is 14.2 Å². The fourth-order valence-electron chi connectivity index (χ4n) is 0.856. The molecule has 10 heavy (non-hydrogen) atoms. The molecule has 1 N–H and O–H groups in total. The third kappa shape index (κ3) is 2.79. The van der Waals surface area contributed by atoms with Gasteiger partial charge in [0.25, 0.3) is 0 Å². The predicted molar refractivity (Wildman–Crippen MR) is 42.9 cm³/mol. The summed E-state index contributed by atoms with van der Waals surface area (Å²) in [6.07, 6.45) is 1.05. The van der Waals surface area contributed by atoms with Crippen molar-refractivity contribution in [1.29, 1.82) is 0 Å². The lowest BCUT2D eigenvalue weighted by Gasteiger charge is -2.18. The zero-order chi connectivity index (χ0) is 7.98. The van der Waals surface area contributed by atoms with Gasteiger partial charge >= 0.3 is 9.28 Å². The van der Waals surface area contributed by atoms with Crippen molar-refractivity contribution < 1.29 is 8.85 Å². The van der Waals surface area contributed by atoms with Gasteiger partial charge in [-0.2, -0.15) is 0 Å². The lowest BCUT2D eigenvalue weighted by Crippen LogP contribution is -2.43. The van der Waals surface area contributed by atoms with Crippen LogP contribution in [0, 0.1) is 0 Å². The largest absolute Gasteiger partial charge is 0.402 e. The van der Waals surface area contributed by atoms with Gasteiger partial charge in [-0.3, -0.25) is 0 Å². The van der Waals surface area contributed by atoms with Crippen LogP contribution in [-0.4, -0.2) is 36.2 Å². The predicted octanol–water partition coefficient (Wildman–Crippen LogP) is 0.305. The zero-order valence-electron chi connectivity index (χ0n) is 7.10. The molecule has 1 atom stereocenters. The Hall–Kier alpha value is 0.0969. The average Bonchev–Trinajstić information content (AvgIpc) is 2.00. The summed E-state index contributed by atoms with van der Waals surface area (Å²) in [6, 6.07) is 0. The number of nitrogens with one attached hydrogen (secondary N) is 1. The summed E-state index contributed by atoms with van der Waals surface area (Å²) < 4.78 is 10.3. The molecule has 0 aromatic heterocycles. The molecule has 0 fully saturated rings. The molecule has 1 unspecified atom stereocenters. The van der Waals surface area contributed by atoms with E-state index in [1.807, 2.05) is 7.05 Å². The molecule has 0 aromatic rings. The Bertz CT molecular complexity index is 64.1. The normalized spacial score (nSPS) is 14.1. The lowest BCUT2D eigenvalue weighted by atomic mass is 10.5. The highest BCUT2D eigenvalue weighted by Crippen LogP contribution is 1.97. The molecule has 0 saturated carbocycles. The highest BCUT2D eigenvalue weighted by molar-refractivity contribution is 6.46. The Balaban J connectivity index is 3.70. The van der Waals surface area contributed by atoms with Gasteiger partial charge in [-0.1, -0.05) is 6.92 Å². The van der Waals surface area contributed by atoms with Crippen molar-refractivity contribution in [3.8, 4) is 0 Å². The number of hydrogen-bond acceptors (Lipinski definition) is 3. The molecule has 3 nitrogen and oxygen atoms in total. The highest BCUT2D eigenvalue weighted by atomic mass is 28.3. The van der Waals surface area contributed by atoms with Gasteiger partial charge < -0.3 is 14.2 Å². The Labute approximate surface area is 64.6 Å². The van der Waals surface area contributed by atoms with E-state index in [2.05, 4.69) is 12.2 Å². The average molecular weight is 162 g/mol. The molecule has 0 aliphatic rings. The molecule has 1 radical (unpaired) electrons. The Morgan fingerprint density at radius 1 is 1.40 bits per heavy atom. The molecule has 61 valence electrons. The second-order valence-electron chi connectivity index (χ2n) is 1.98. The van der Waals surface area contributed by atoms with Gasteiger partial charge in [0.1, 0.15) is 0 Å². The number of rotatable bonds is 5. The SMILES string of the molecule is CCC(NC)[Si](OC)OC. The van der Waals surface area contributed by atoms with Crippen molar-refractivity contribution in [1.82, 2.24) is 5.32 Å². The summed E-state index contributed by atoms with van der Waals surface area (Å²) >= 11 is 0. The summed E-state index contributed by atoms with van der Waals surface area (Å²) in [7, 11) is 4.24. The van der Waals surface area contributed by atoms with Crippen molar-refractivity contribution in [3.05, 3.63) is 0 Å². The monoisotopic (exact) mass is 162 g/mol. The molecule has 0 bridgehead atoms. The molecular weight excluding hydrogens is 146 g/mol. The van der Waals surface area contributed by atoms with Gasteiger partial charge in [-0.15, -0.1) is 0 Å². The van der Waals surface area contributed by atoms with Gasteiger partial charge in [-0.05, 0) is 13.5 Å². The molecule has 0 aromatic carbocycles. The first-order chi connectivity index (χ1) is 4.79. The van der Waals surface area contributed by atoms with Crippen LogP contribution in [0.1, 0.15) is 13.3 Å². The maximum atomic E-state index is 5.16. The van der Waals surface area contributed by atoms with Crippen molar-refractivity contribution in [2.75, 3.05) is 21.3 Å². The van der Waals surface area contributed by atoms with E-state index in [4.69, 9.17) is 8.85 Å². The van der Waals surface area contributed by atoms with Crippen LogP contribution in [0.4, 0.5) is 0 Å². The van der Waals surface area contributed by atoms with Crippen LogP contribution >= 0.6 is 0 Å². The second-order valence-corrected chi connectivity index (χ2v) is 4.13. The maximum absolute atomic E-state index is 5.16. The molecule has 0 saturated heterocycles. The fraction of sp³-hybridized carbons (Fsp3) is 1.00. The molecule has 0 aliphatic carbocycles. The van der Waals surface area contributed by atoms with Gasteiger partial charge in [-0.25, -0.2) is 0 Å². The lowest BCUT2D eigenvalue weighted by molar-refractivity contribution is 0.259. The standard InChI is InChI=1S/C6H16NO2Si/c1-5-6(7-2)10(8-3)9-4/h6-7H,5H2,1-4H3. The molecule has 0 amide bonds. The van der Waals surface area contributed by atoms with Crippen molar-refractivity contribution in [2.24, 2.45) is 0 Å². The molecule has 0 aliphatic heterocycles. The topological polar surface area (TPSA) is 30.5 Å². The minimum absolute atomic E-state index is 0.389. The van der Waals surface area contributed by atoms with E-state index in [0.717, 1.165) is 6.42 Å². The third-order valence-corrected chi connectivity index (χ3v) is 3.51. The Kier molecular flexibility index (Phi) is 5.91. The minimum Gasteiger partial charge on any atom is -0.396 e. The van der Waals surface area contributed by atoms with Crippen LogP contribution in [0.25, 0.3) is 0 Å². The number of hydrogen-bond donors (Lipinski definition) is 1. The van der Waals surface area contributed by atoms with E-state index < -0.39 is 9.28 Å². The minimum atomic E-state index is -1.07. The summed E-state index contributed by atoms with van der Waals surface area (Å²) in [5.74, 6) is 0. The smallest absolute Gasteiger partial charge is 0.396 e. The molecule has 4 heteroatoms.